The maximum atomic E-state index is 12.2. The van der Waals surface area contributed by atoms with Gasteiger partial charge in [-0.2, -0.15) is 0 Å². The summed E-state index contributed by atoms with van der Waals surface area (Å²) < 4.78 is 6.17. The third kappa shape index (κ3) is 4.37. The maximum Gasteiger partial charge on any atom is 0.410 e. The summed E-state index contributed by atoms with van der Waals surface area (Å²) >= 11 is 3.43. The van der Waals surface area contributed by atoms with Crippen LogP contribution in [-0.4, -0.2) is 58.5 Å². The Morgan fingerprint density at radius 2 is 1.78 bits per heavy atom. The van der Waals surface area contributed by atoms with E-state index in [1.807, 2.05) is 32.9 Å². The molecule has 2 heterocycles. The van der Waals surface area contributed by atoms with E-state index in [9.17, 15) is 9.59 Å². The number of anilines is 1. The molecule has 2 aromatic rings. The summed E-state index contributed by atoms with van der Waals surface area (Å²) in [6, 6.07) is 3.67. The van der Waals surface area contributed by atoms with E-state index < -0.39 is 5.60 Å². The molecule has 27 heavy (non-hydrogen) atoms. The number of carbonyl (C=O) groups excluding carboxylic acids is 2. The molecule has 0 radical (unpaired) electrons. The van der Waals surface area contributed by atoms with Gasteiger partial charge in [0.15, 0.2) is 5.78 Å². The van der Waals surface area contributed by atoms with E-state index in [0.29, 0.717) is 31.7 Å². The highest BCUT2D eigenvalue weighted by molar-refractivity contribution is 9.10. The molecule has 0 saturated carbocycles. The second-order valence-electron chi connectivity index (χ2n) is 7.56. The molecule has 0 bridgehead atoms. The van der Waals surface area contributed by atoms with Gasteiger partial charge in [-0.05, 0) is 55.8 Å². The van der Waals surface area contributed by atoms with Crippen molar-refractivity contribution < 1.29 is 14.3 Å². The van der Waals surface area contributed by atoms with Crippen LogP contribution in [0.3, 0.4) is 0 Å². The van der Waals surface area contributed by atoms with Gasteiger partial charge >= 0.3 is 6.09 Å². The van der Waals surface area contributed by atoms with E-state index in [1.165, 1.54) is 13.3 Å². The summed E-state index contributed by atoms with van der Waals surface area (Å²) in [5.41, 5.74) is 0.866. The van der Waals surface area contributed by atoms with Crippen molar-refractivity contribution in [2.45, 2.75) is 33.3 Å². The number of benzene rings is 1. The Morgan fingerprint density at radius 1 is 1.11 bits per heavy atom. The van der Waals surface area contributed by atoms with Gasteiger partial charge < -0.3 is 14.5 Å². The van der Waals surface area contributed by atoms with Crippen LogP contribution in [0.25, 0.3) is 10.9 Å². The van der Waals surface area contributed by atoms with Crippen LogP contribution in [0.2, 0.25) is 0 Å². The van der Waals surface area contributed by atoms with Crippen molar-refractivity contribution >= 4 is 44.5 Å². The highest BCUT2D eigenvalue weighted by atomic mass is 79.9. The van der Waals surface area contributed by atoms with E-state index in [2.05, 4.69) is 30.8 Å². The van der Waals surface area contributed by atoms with E-state index in [-0.39, 0.29) is 11.9 Å². The molecule has 0 aliphatic carbocycles. The van der Waals surface area contributed by atoms with Gasteiger partial charge in [0.25, 0.3) is 0 Å². The lowest BCUT2D eigenvalue weighted by molar-refractivity contribution is 0.0240. The molecule has 0 unspecified atom stereocenters. The zero-order valence-electron chi connectivity index (χ0n) is 16.0. The Kier molecular flexibility index (Phi) is 5.37. The van der Waals surface area contributed by atoms with Crippen LogP contribution in [0.5, 0.6) is 0 Å². The number of amides is 1. The zero-order valence-corrected chi connectivity index (χ0v) is 17.5. The largest absolute Gasteiger partial charge is 0.444 e. The Labute approximate surface area is 166 Å². The fourth-order valence-corrected chi connectivity index (χ4v) is 3.62. The van der Waals surface area contributed by atoms with Gasteiger partial charge in [-0.25, -0.2) is 14.8 Å². The Bertz CT molecular complexity index is 886. The Morgan fingerprint density at radius 3 is 2.37 bits per heavy atom. The van der Waals surface area contributed by atoms with Crippen LogP contribution in [0.15, 0.2) is 22.9 Å². The van der Waals surface area contributed by atoms with Crippen molar-refractivity contribution in [3.63, 3.8) is 0 Å². The quantitative estimate of drug-likeness (QED) is 0.671. The van der Waals surface area contributed by atoms with Crippen molar-refractivity contribution in [3.8, 4) is 0 Å². The van der Waals surface area contributed by atoms with Crippen LogP contribution >= 0.6 is 15.9 Å². The second-order valence-corrected chi connectivity index (χ2v) is 8.41. The first kappa shape index (κ1) is 19.5. The fourth-order valence-electron chi connectivity index (χ4n) is 3.01. The lowest BCUT2D eigenvalue weighted by Gasteiger charge is -2.36. The topological polar surface area (TPSA) is 75.6 Å². The normalized spacial score (nSPS) is 15.1. The van der Waals surface area contributed by atoms with Gasteiger partial charge in [-0.1, -0.05) is 0 Å². The number of rotatable bonds is 2. The standard InChI is InChI=1S/C19H23BrN4O3/c1-12(25)13-9-14-16(10-15(13)20)21-11-22-17(14)23-5-7-24(8-6-23)18(26)27-19(2,3)4/h9-11H,5-8H2,1-4H3. The number of piperazine rings is 1. The number of ether oxygens (including phenoxy) is 1. The lowest BCUT2D eigenvalue weighted by Crippen LogP contribution is -2.50. The fraction of sp³-hybridized carbons (Fsp3) is 0.474. The van der Waals surface area contributed by atoms with Crippen molar-refractivity contribution in [2.75, 3.05) is 31.1 Å². The molecular formula is C19H23BrN4O3. The van der Waals surface area contributed by atoms with E-state index in [4.69, 9.17) is 4.74 Å². The number of hydrogen-bond donors (Lipinski definition) is 0. The van der Waals surface area contributed by atoms with Crippen LogP contribution in [0.4, 0.5) is 10.6 Å². The first-order valence-electron chi connectivity index (χ1n) is 8.84. The Balaban J connectivity index is 1.82. The molecule has 7 nitrogen and oxygen atoms in total. The molecule has 1 saturated heterocycles. The molecule has 8 heteroatoms. The average Bonchev–Trinajstić information content (AvgIpc) is 2.59. The molecule has 144 valence electrons. The predicted octanol–water partition coefficient (Wildman–Crippen LogP) is 3.65. The number of fused-ring (bicyclic) bond motifs is 1. The highest BCUT2D eigenvalue weighted by Gasteiger charge is 2.27. The van der Waals surface area contributed by atoms with E-state index in [0.717, 1.165) is 21.2 Å². The summed E-state index contributed by atoms with van der Waals surface area (Å²) in [5, 5.41) is 0.830. The molecule has 1 amide bonds. The molecule has 1 aromatic heterocycles. The van der Waals surface area contributed by atoms with E-state index in [1.54, 1.807) is 4.90 Å². The lowest BCUT2D eigenvalue weighted by atomic mass is 10.1. The summed E-state index contributed by atoms with van der Waals surface area (Å²) in [6.45, 7) is 9.49. The third-order valence-corrected chi connectivity index (χ3v) is 4.97. The first-order valence-corrected chi connectivity index (χ1v) is 9.63. The second kappa shape index (κ2) is 7.42. The van der Waals surface area contributed by atoms with E-state index >= 15 is 0 Å². The number of Topliss-reactive ketones (excluding diaryl/α,β-unsaturated/α-hetero) is 1. The average molecular weight is 435 g/mol. The highest BCUT2D eigenvalue weighted by Crippen LogP contribution is 2.29. The minimum absolute atomic E-state index is 0.0201. The third-order valence-electron chi connectivity index (χ3n) is 4.31. The van der Waals surface area contributed by atoms with Crippen LogP contribution < -0.4 is 4.90 Å². The SMILES string of the molecule is CC(=O)c1cc2c(N3CCN(C(=O)OC(C)(C)C)CC3)ncnc2cc1Br. The van der Waals surface area contributed by atoms with Crippen molar-refractivity contribution in [2.24, 2.45) is 0 Å². The smallest absolute Gasteiger partial charge is 0.410 e. The predicted molar refractivity (Wildman–Crippen MR) is 107 cm³/mol. The number of aromatic nitrogens is 2. The summed E-state index contributed by atoms with van der Waals surface area (Å²) in [4.78, 5) is 36.7. The van der Waals surface area contributed by atoms with Crippen molar-refractivity contribution in [3.05, 3.63) is 28.5 Å². The molecular weight excluding hydrogens is 412 g/mol. The summed E-state index contributed by atoms with van der Waals surface area (Å²) in [6.07, 6.45) is 1.23. The maximum absolute atomic E-state index is 12.2. The van der Waals surface area contributed by atoms with Crippen molar-refractivity contribution in [1.82, 2.24) is 14.9 Å². The number of halogens is 1. The molecule has 1 aliphatic heterocycles. The molecule has 0 atom stereocenters. The van der Waals surface area contributed by atoms with Crippen LogP contribution in [0, 0.1) is 0 Å². The van der Waals surface area contributed by atoms with Gasteiger partial charge in [-0.15, -0.1) is 0 Å². The minimum Gasteiger partial charge on any atom is -0.444 e. The van der Waals surface area contributed by atoms with Crippen LogP contribution in [0.1, 0.15) is 38.1 Å². The molecule has 1 fully saturated rings. The number of carbonyl (C=O) groups is 2. The monoisotopic (exact) mass is 434 g/mol. The minimum atomic E-state index is -0.506. The summed E-state index contributed by atoms with van der Waals surface area (Å²) in [5.74, 6) is 0.757. The molecule has 3 rings (SSSR count). The number of hydrogen-bond acceptors (Lipinski definition) is 6. The molecule has 0 spiro atoms. The Hall–Kier alpha value is -2.22. The van der Waals surface area contributed by atoms with Gasteiger partial charge in [0, 0.05) is 41.6 Å². The zero-order chi connectivity index (χ0) is 19.8. The number of ketones is 1. The molecule has 0 N–H and O–H groups in total. The number of nitrogens with zero attached hydrogens (tertiary/aromatic N) is 4. The first-order chi connectivity index (χ1) is 12.7. The van der Waals surface area contributed by atoms with Crippen LogP contribution in [-0.2, 0) is 4.74 Å². The summed E-state index contributed by atoms with van der Waals surface area (Å²) in [7, 11) is 0. The molecule has 1 aliphatic rings. The van der Waals surface area contributed by atoms with Crippen molar-refractivity contribution in [1.29, 1.82) is 0 Å². The molecule has 1 aromatic carbocycles. The van der Waals surface area contributed by atoms with Gasteiger partial charge in [0.1, 0.15) is 17.7 Å². The van der Waals surface area contributed by atoms with Gasteiger partial charge in [-0.3, -0.25) is 4.79 Å². The van der Waals surface area contributed by atoms with Gasteiger partial charge in [0.05, 0.1) is 5.52 Å². The van der Waals surface area contributed by atoms with Gasteiger partial charge in [0.2, 0.25) is 0 Å².